The summed E-state index contributed by atoms with van der Waals surface area (Å²) in [6, 6.07) is 18.6. The van der Waals surface area contributed by atoms with Gasteiger partial charge >= 0.3 is 0 Å². The van der Waals surface area contributed by atoms with Crippen LogP contribution in [0.15, 0.2) is 60.7 Å². The Labute approximate surface area is 198 Å². The molecule has 3 amide bonds. The minimum atomic E-state index is -0.134. The molecule has 1 saturated carbocycles. The van der Waals surface area contributed by atoms with Crippen molar-refractivity contribution in [3.8, 4) is 5.75 Å². The van der Waals surface area contributed by atoms with Gasteiger partial charge in [-0.25, -0.2) is 0 Å². The van der Waals surface area contributed by atoms with E-state index in [1.54, 1.807) is 41.2 Å². The summed E-state index contributed by atoms with van der Waals surface area (Å²) < 4.78 is 5.22. The number of nitrogens with one attached hydrogen (secondary N) is 1. The Hall–Kier alpha value is -3.87. The van der Waals surface area contributed by atoms with Gasteiger partial charge in [-0.3, -0.25) is 14.4 Å². The molecule has 0 spiro atoms. The monoisotopic (exact) mass is 457 g/mol. The van der Waals surface area contributed by atoms with Crippen LogP contribution < -0.4 is 10.1 Å². The van der Waals surface area contributed by atoms with E-state index in [2.05, 4.69) is 5.32 Å². The summed E-state index contributed by atoms with van der Waals surface area (Å²) in [5.41, 5.74) is 1.61. The number of methoxy groups -OCH3 is 1. The third kappa shape index (κ3) is 4.46. The number of piperazine rings is 1. The highest BCUT2D eigenvalue weighted by molar-refractivity contribution is 6.08. The molecule has 1 N–H and O–H groups in total. The molecule has 3 aromatic rings. The number of ether oxygens (including phenoxy) is 1. The number of carbonyl (C=O) groups is 3. The van der Waals surface area contributed by atoms with Gasteiger partial charge in [0, 0.05) is 37.7 Å². The lowest BCUT2D eigenvalue weighted by Crippen LogP contribution is -2.50. The molecule has 3 aromatic carbocycles. The minimum absolute atomic E-state index is 0.0296. The Morgan fingerprint density at radius 1 is 0.824 bits per heavy atom. The van der Waals surface area contributed by atoms with Crippen molar-refractivity contribution in [2.75, 3.05) is 38.6 Å². The number of nitrogens with zero attached hydrogens (tertiary/aromatic N) is 2. The second-order valence-corrected chi connectivity index (χ2v) is 8.82. The van der Waals surface area contributed by atoms with Crippen molar-refractivity contribution < 1.29 is 19.1 Å². The first-order valence-corrected chi connectivity index (χ1v) is 11.6. The Kier molecular flexibility index (Phi) is 5.92. The first-order valence-electron chi connectivity index (χ1n) is 11.6. The maximum absolute atomic E-state index is 13.5. The number of rotatable bonds is 5. The number of carbonyl (C=O) groups excluding carboxylic acids is 3. The lowest BCUT2D eigenvalue weighted by molar-refractivity contribution is -0.117. The highest BCUT2D eigenvalue weighted by Gasteiger charge is 2.31. The molecule has 2 fully saturated rings. The third-order valence-electron chi connectivity index (χ3n) is 6.49. The summed E-state index contributed by atoms with van der Waals surface area (Å²) in [4.78, 5) is 42.4. The fraction of sp³-hybridized carbons (Fsp3) is 0.296. The van der Waals surface area contributed by atoms with Crippen LogP contribution in [-0.2, 0) is 4.79 Å². The first-order chi connectivity index (χ1) is 16.5. The van der Waals surface area contributed by atoms with Crippen molar-refractivity contribution in [3.63, 3.8) is 0 Å². The van der Waals surface area contributed by atoms with Gasteiger partial charge in [-0.05, 0) is 53.9 Å². The average molecular weight is 458 g/mol. The molecule has 1 heterocycles. The van der Waals surface area contributed by atoms with Crippen LogP contribution in [0.4, 0.5) is 5.69 Å². The molecule has 1 aliphatic carbocycles. The van der Waals surface area contributed by atoms with Crippen molar-refractivity contribution in [1.82, 2.24) is 9.80 Å². The van der Waals surface area contributed by atoms with Gasteiger partial charge in [-0.1, -0.05) is 30.3 Å². The fourth-order valence-electron chi connectivity index (χ4n) is 4.32. The van der Waals surface area contributed by atoms with E-state index in [9.17, 15) is 14.4 Å². The van der Waals surface area contributed by atoms with Crippen LogP contribution in [-0.4, -0.2) is 60.8 Å². The van der Waals surface area contributed by atoms with Crippen molar-refractivity contribution >= 4 is 34.2 Å². The number of hydrogen-bond donors (Lipinski definition) is 1. The van der Waals surface area contributed by atoms with Crippen LogP contribution in [0.3, 0.4) is 0 Å². The fourth-order valence-corrected chi connectivity index (χ4v) is 4.32. The van der Waals surface area contributed by atoms with E-state index in [4.69, 9.17) is 4.74 Å². The normalized spacial score (nSPS) is 15.8. The predicted octanol–water partition coefficient (Wildman–Crippen LogP) is 3.80. The topological polar surface area (TPSA) is 79.0 Å². The van der Waals surface area contributed by atoms with Crippen LogP contribution in [0, 0.1) is 5.92 Å². The van der Waals surface area contributed by atoms with Crippen molar-refractivity contribution in [2.45, 2.75) is 12.8 Å². The van der Waals surface area contributed by atoms with Crippen LogP contribution in [0.5, 0.6) is 5.75 Å². The van der Waals surface area contributed by atoms with Crippen LogP contribution in [0.1, 0.15) is 33.6 Å². The largest absolute Gasteiger partial charge is 0.497 e. The number of anilines is 1. The molecular formula is C27H27N3O4. The molecule has 0 radical (unpaired) electrons. The van der Waals surface area contributed by atoms with Gasteiger partial charge in [0.05, 0.1) is 18.4 Å². The van der Waals surface area contributed by atoms with Gasteiger partial charge in [0.25, 0.3) is 11.8 Å². The second-order valence-electron chi connectivity index (χ2n) is 8.82. The molecule has 1 saturated heterocycles. The molecule has 0 unspecified atom stereocenters. The van der Waals surface area contributed by atoms with Gasteiger partial charge in [0.2, 0.25) is 5.91 Å². The van der Waals surface area contributed by atoms with Gasteiger partial charge in [0.1, 0.15) is 5.75 Å². The minimum Gasteiger partial charge on any atom is -0.497 e. The summed E-state index contributed by atoms with van der Waals surface area (Å²) in [7, 11) is 1.57. The summed E-state index contributed by atoms with van der Waals surface area (Å²) in [6.07, 6.45) is 1.79. The molecule has 0 bridgehead atoms. The molecule has 2 aliphatic rings. The molecule has 0 aromatic heterocycles. The summed E-state index contributed by atoms with van der Waals surface area (Å²) in [5, 5.41) is 4.90. The molecule has 5 rings (SSSR count). The van der Waals surface area contributed by atoms with E-state index >= 15 is 0 Å². The zero-order valence-corrected chi connectivity index (χ0v) is 19.1. The van der Waals surface area contributed by atoms with Crippen LogP contribution >= 0.6 is 0 Å². The smallest absolute Gasteiger partial charge is 0.256 e. The van der Waals surface area contributed by atoms with E-state index in [-0.39, 0.29) is 23.6 Å². The number of hydrogen-bond acceptors (Lipinski definition) is 4. The molecular weight excluding hydrogens is 430 g/mol. The van der Waals surface area contributed by atoms with Gasteiger partial charge < -0.3 is 19.9 Å². The Morgan fingerprint density at radius 3 is 2.12 bits per heavy atom. The predicted molar refractivity (Wildman–Crippen MR) is 130 cm³/mol. The van der Waals surface area contributed by atoms with E-state index in [1.807, 2.05) is 36.4 Å². The lowest BCUT2D eigenvalue weighted by atomic mass is 10.0. The molecule has 0 atom stereocenters. The maximum atomic E-state index is 13.5. The highest BCUT2D eigenvalue weighted by Crippen LogP contribution is 2.32. The second kappa shape index (κ2) is 9.17. The van der Waals surface area contributed by atoms with E-state index in [1.165, 1.54) is 0 Å². The van der Waals surface area contributed by atoms with E-state index < -0.39 is 0 Å². The Morgan fingerprint density at radius 2 is 1.47 bits per heavy atom. The van der Waals surface area contributed by atoms with Crippen molar-refractivity contribution in [3.05, 3.63) is 71.8 Å². The lowest BCUT2D eigenvalue weighted by Gasteiger charge is -2.35. The zero-order chi connectivity index (χ0) is 23.7. The average Bonchev–Trinajstić information content (AvgIpc) is 3.73. The quantitative estimate of drug-likeness (QED) is 0.632. The Bertz CT molecular complexity index is 1260. The van der Waals surface area contributed by atoms with E-state index in [0.717, 1.165) is 23.6 Å². The van der Waals surface area contributed by atoms with Gasteiger partial charge in [-0.15, -0.1) is 0 Å². The highest BCUT2D eigenvalue weighted by atomic mass is 16.5. The number of fused-ring (bicyclic) bond motifs is 1. The van der Waals surface area contributed by atoms with Gasteiger partial charge in [0.15, 0.2) is 0 Å². The van der Waals surface area contributed by atoms with Crippen LogP contribution in [0.2, 0.25) is 0 Å². The molecule has 7 nitrogen and oxygen atoms in total. The number of amides is 3. The van der Waals surface area contributed by atoms with Crippen molar-refractivity contribution in [2.24, 2.45) is 5.92 Å². The standard InChI is InChI=1S/C27H27N3O4/c1-34-22-8-4-7-21(15-22)26(32)29-11-13-30(14-12-29)27(33)23-16-19-5-2-3-6-20(19)17-24(23)28-25(31)18-9-10-18/h2-8,15-18H,9-14H2,1H3,(H,28,31). The van der Waals surface area contributed by atoms with Gasteiger partial charge in [-0.2, -0.15) is 0 Å². The molecule has 34 heavy (non-hydrogen) atoms. The third-order valence-corrected chi connectivity index (χ3v) is 6.49. The first kappa shape index (κ1) is 21.9. The molecule has 1 aliphatic heterocycles. The number of benzene rings is 3. The molecule has 174 valence electrons. The summed E-state index contributed by atoms with van der Waals surface area (Å²) >= 11 is 0. The zero-order valence-electron chi connectivity index (χ0n) is 19.1. The van der Waals surface area contributed by atoms with Crippen LogP contribution in [0.25, 0.3) is 10.8 Å². The summed E-state index contributed by atoms with van der Waals surface area (Å²) in [5.74, 6) is 0.440. The SMILES string of the molecule is COc1cccc(C(=O)N2CCN(C(=O)c3cc4ccccc4cc3NC(=O)C3CC3)CC2)c1. The summed E-state index contributed by atoms with van der Waals surface area (Å²) in [6.45, 7) is 1.74. The maximum Gasteiger partial charge on any atom is 0.256 e. The van der Waals surface area contributed by atoms with E-state index in [0.29, 0.717) is 48.7 Å². The molecule has 7 heteroatoms. The Balaban J connectivity index is 1.33. The van der Waals surface area contributed by atoms with Crippen molar-refractivity contribution in [1.29, 1.82) is 0 Å².